The van der Waals surface area contributed by atoms with Crippen LogP contribution in [0.1, 0.15) is 23.2 Å². The van der Waals surface area contributed by atoms with Gasteiger partial charge in [0.25, 0.3) is 5.91 Å². The predicted molar refractivity (Wildman–Crippen MR) is 101 cm³/mol. The van der Waals surface area contributed by atoms with Crippen molar-refractivity contribution in [1.29, 1.82) is 0 Å². The van der Waals surface area contributed by atoms with E-state index in [1.54, 1.807) is 23.1 Å². The van der Waals surface area contributed by atoms with Gasteiger partial charge in [0.15, 0.2) is 11.5 Å². The van der Waals surface area contributed by atoms with Gasteiger partial charge in [0.2, 0.25) is 12.7 Å². The quantitative estimate of drug-likeness (QED) is 0.838. The summed E-state index contributed by atoms with van der Waals surface area (Å²) < 4.78 is 10.6. The predicted octanol–water partition coefficient (Wildman–Crippen LogP) is 2.93. The Morgan fingerprint density at radius 1 is 1.00 bits per heavy atom. The first-order chi connectivity index (χ1) is 13.1. The second-order valence-corrected chi connectivity index (χ2v) is 6.87. The molecule has 27 heavy (non-hydrogen) atoms. The Kier molecular flexibility index (Phi) is 4.71. The molecule has 6 nitrogen and oxygen atoms in total. The first-order valence-corrected chi connectivity index (χ1v) is 9.15. The average molecular weight is 366 g/mol. The molecule has 1 fully saturated rings. The summed E-state index contributed by atoms with van der Waals surface area (Å²) in [4.78, 5) is 29.0. The number of anilines is 1. The number of benzene rings is 2. The van der Waals surface area contributed by atoms with E-state index in [1.165, 1.54) is 0 Å². The minimum absolute atomic E-state index is 0.0318. The molecule has 0 aliphatic carbocycles. The maximum absolute atomic E-state index is 12.8. The summed E-state index contributed by atoms with van der Waals surface area (Å²) in [6.45, 7) is 1.34. The van der Waals surface area contributed by atoms with Gasteiger partial charge in [-0.25, -0.2) is 0 Å². The Morgan fingerprint density at radius 2 is 1.70 bits per heavy atom. The maximum Gasteiger partial charge on any atom is 0.253 e. The third-order valence-electron chi connectivity index (χ3n) is 5.23. The van der Waals surface area contributed by atoms with E-state index in [0.717, 1.165) is 5.69 Å². The van der Waals surface area contributed by atoms with E-state index in [1.807, 2.05) is 42.3 Å². The van der Waals surface area contributed by atoms with Crippen molar-refractivity contribution in [3.05, 3.63) is 54.1 Å². The zero-order valence-electron chi connectivity index (χ0n) is 15.3. The number of para-hydroxylation sites is 1. The molecule has 0 atom stereocenters. The van der Waals surface area contributed by atoms with Crippen LogP contribution in [0.15, 0.2) is 48.5 Å². The van der Waals surface area contributed by atoms with Gasteiger partial charge >= 0.3 is 0 Å². The fraction of sp³-hybridized carbons (Fsp3) is 0.333. The van der Waals surface area contributed by atoms with Gasteiger partial charge in [0, 0.05) is 37.3 Å². The highest BCUT2D eigenvalue weighted by Crippen LogP contribution is 2.33. The Hall–Kier alpha value is -3.02. The lowest BCUT2D eigenvalue weighted by atomic mass is 9.94. The van der Waals surface area contributed by atoms with Crippen LogP contribution in [0.5, 0.6) is 11.5 Å². The number of nitrogens with zero attached hydrogens (tertiary/aromatic N) is 2. The minimum atomic E-state index is -0.0592. The van der Waals surface area contributed by atoms with Gasteiger partial charge in [-0.1, -0.05) is 18.2 Å². The third-order valence-corrected chi connectivity index (χ3v) is 5.23. The summed E-state index contributed by atoms with van der Waals surface area (Å²) in [5.41, 5.74) is 1.48. The van der Waals surface area contributed by atoms with Crippen LogP contribution >= 0.6 is 0 Å². The summed E-state index contributed by atoms with van der Waals surface area (Å²) in [5.74, 6) is 1.29. The van der Waals surface area contributed by atoms with Crippen molar-refractivity contribution in [2.75, 3.05) is 31.8 Å². The number of hydrogen-bond donors (Lipinski definition) is 0. The Morgan fingerprint density at radius 3 is 2.44 bits per heavy atom. The molecule has 4 rings (SSSR count). The normalized spacial score (nSPS) is 16.3. The van der Waals surface area contributed by atoms with Crippen LogP contribution in [-0.4, -0.2) is 43.6 Å². The molecule has 0 aromatic heterocycles. The molecular formula is C21H22N2O4. The zero-order valence-corrected chi connectivity index (χ0v) is 15.3. The van der Waals surface area contributed by atoms with Crippen LogP contribution < -0.4 is 14.4 Å². The van der Waals surface area contributed by atoms with E-state index < -0.39 is 0 Å². The third kappa shape index (κ3) is 3.47. The van der Waals surface area contributed by atoms with Crippen LogP contribution in [0, 0.1) is 5.92 Å². The van der Waals surface area contributed by atoms with E-state index in [9.17, 15) is 9.59 Å². The van der Waals surface area contributed by atoms with Crippen LogP contribution in [0.25, 0.3) is 0 Å². The van der Waals surface area contributed by atoms with Crippen LogP contribution in [-0.2, 0) is 4.79 Å². The van der Waals surface area contributed by atoms with Gasteiger partial charge in [0.1, 0.15) is 0 Å². The fourth-order valence-electron chi connectivity index (χ4n) is 3.59. The van der Waals surface area contributed by atoms with Crippen molar-refractivity contribution in [3.8, 4) is 11.5 Å². The maximum atomic E-state index is 12.8. The Balaban J connectivity index is 1.37. The van der Waals surface area contributed by atoms with E-state index in [-0.39, 0.29) is 24.5 Å². The van der Waals surface area contributed by atoms with Gasteiger partial charge in [-0.3, -0.25) is 9.59 Å². The SMILES string of the molecule is CN(C(=O)C1CCN(C(=O)c2ccc3c(c2)OCO3)CC1)c1ccccc1. The molecule has 0 saturated carbocycles. The fourth-order valence-corrected chi connectivity index (χ4v) is 3.59. The summed E-state index contributed by atoms with van der Waals surface area (Å²) >= 11 is 0. The number of ether oxygens (including phenoxy) is 2. The number of rotatable bonds is 3. The van der Waals surface area contributed by atoms with Crippen molar-refractivity contribution in [2.24, 2.45) is 5.92 Å². The van der Waals surface area contributed by atoms with Crippen molar-refractivity contribution in [3.63, 3.8) is 0 Å². The van der Waals surface area contributed by atoms with E-state index in [0.29, 0.717) is 43.0 Å². The number of carbonyl (C=O) groups is 2. The topological polar surface area (TPSA) is 59.1 Å². The first kappa shape index (κ1) is 17.4. The highest BCUT2D eigenvalue weighted by atomic mass is 16.7. The molecule has 0 radical (unpaired) electrons. The smallest absolute Gasteiger partial charge is 0.253 e. The number of fused-ring (bicyclic) bond motifs is 1. The van der Waals surface area contributed by atoms with Crippen LogP contribution in [0.2, 0.25) is 0 Å². The van der Waals surface area contributed by atoms with Crippen LogP contribution in [0.4, 0.5) is 5.69 Å². The standard InChI is InChI=1S/C21H22N2O4/c1-22(17-5-3-2-4-6-17)20(24)15-9-11-23(12-10-15)21(25)16-7-8-18-19(13-16)27-14-26-18/h2-8,13,15H,9-12,14H2,1H3. The average Bonchev–Trinajstić information content (AvgIpc) is 3.21. The van der Waals surface area contributed by atoms with Gasteiger partial charge in [-0.05, 0) is 43.2 Å². The molecule has 0 unspecified atom stereocenters. The van der Waals surface area contributed by atoms with Crippen molar-refractivity contribution >= 4 is 17.5 Å². The molecule has 0 spiro atoms. The molecule has 1 saturated heterocycles. The molecule has 6 heteroatoms. The summed E-state index contributed by atoms with van der Waals surface area (Å²) in [6.07, 6.45) is 1.35. The lowest BCUT2D eigenvalue weighted by Gasteiger charge is -2.33. The Bertz CT molecular complexity index is 845. The highest BCUT2D eigenvalue weighted by molar-refractivity contribution is 5.96. The molecule has 2 aliphatic rings. The molecule has 2 heterocycles. The first-order valence-electron chi connectivity index (χ1n) is 9.15. The summed E-state index contributed by atoms with van der Waals surface area (Å²) in [6, 6.07) is 14.9. The van der Waals surface area contributed by atoms with Gasteiger partial charge in [-0.15, -0.1) is 0 Å². The molecule has 0 N–H and O–H groups in total. The van der Waals surface area contributed by atoms with E-state index in [2.05, 4.69) is 0 Å². The zero-order chi connectivity index (χ0) is 18.8. The molecule has 140 valence electrons. The highest BCUT2D eigenvalue weighted by Gasteiger charge is 2.30. The molecule has 0 bridgehead atoms. The van der Waals surface area contributed by atoms with Crippen molar-refractivity contribution in [2.45, 2.75) is 12.8 Å². The number of amides is 2. The molecule has 2 aromatic rings. The van der Waals surface area contributed by atoms with E-state index >= 15 is 0 Å². The second kappa shape index (κ2) is 7.31. The minimum Gasteiger partial charge on any atom is -0.454 e. The lowest BCUT2D eigenvalue weighted by Crippen LogP contribution is -2.43. The molecule has 2 aromatic carbocycles. The summed E-state index contributed by atoms with van der Waals surface area (Å²) in [5, 5.41) is 0. The van der Waals surface area contributed by atoms with Crippen molar-refractivity contribution < 1.29 is 19.1 Å². The van der Waals surface area contributed by atoms with Gasteiger partial charge in [-0.2, -0.15) is 0 Å². The largest absolute Gasteiger partial charge is 0.454 e. The Labute approximate surface area is 158 Å². The summed E-state index contributed by atoms with van der Waals surface area (Å²) in [7, 11) is 1.81. The van der Waals surface area contributed by atoms with Gasteiger partial charge < -0.3 is 19.3 Å². The number of carbonyl (C=O) groups excluding carboxylic acids is 2. The lowest BCUT2D eigenvalue weighted by molar-refractivity contribution is -0.123. The van der Waals surface area contributed by atoms with E-state index in [4.69, 9.17) is 9.47 Å². The number of hydrogen-bond acceptors (Lipinski definition) is 4. The molecular weight excluding hydrogens is 344 g/mol. The van der Waals surface area contributed by atoms with Gasteiger partial charge in [0.05, 0.1) is 0 Å². The van der Waals surface area contributed by atoms with Crippen molar-refractivity contribution in [1.82, 2.24) is 4.90 Å². The molecule has 2 amide bonds. The number of likely N-dealkylation sites (tertiary alicyclic amines) is 1. The molecule has 2 aliphatic heterocycles. The van der Waals surface area contributed by atoms with Crippen LogP contribution in [0.3, 0.4) is 0 Å². The number of piperidine rings is 1. The monoisotopic (exact) mass is 366 g/mol. The second-order valence-electron chi connectivity index (χ2n) is 6.87.